The molecule has 0 aliphatic carbocycles. The molecule has 0 bridgehead atoms. The number of nitrogens with one attached hydrogen (secondary N) is 3. The summed E-state index contributed by atoms with van der Waals surface area (Å²) in [5.74, 6) is 7.42. The SMILES string of the molecule is C(#Cc1cnc(C2CCCN2)[nH]1)c1ccc2cc(-c3cnc[nH]3)ccc2c1. The fourth-order valence-electron chi connectivity index (χ4n) is 3.54. The molecule has 5 rings (SSSR count). The first-order valence-electron chi connectivity index (χ1n) is 9.18. The Morgan fingerprint density at radius 1 is 1.00 bits per heavy atom. The van der Waals surface area contributed by atoms with Crippen molar-refractivity contribution in [2.45, 2.75) is 18.9 Å². The molecule has 0 saturated carbocycles. The van der Waals surface area contributed by atoms with E-state index in [1.165, 1.54) is 17.2 Å². The first-order chi connectivity index (χ1) is 13.3. The van der Waals surface area contributed by atoms with Crippen LogP contribution in [-0.2, 0) is 0 Å². The molecule has 5 heteroatoms. The molecule has 3 heterocycles. The van der Waals surface area contributed by atoms with Crippen LogP contribution < -0.4 is 5.32 Å². The Kier molecular flexibility index (Phi) is 3.96. The summed E-state index contributed by atoms with van der Waals surface area (Å²) in [7, 11) is 0. The number of nitrogens with zero attached hydrogens (tertiary/aromatic N) is 2. The van der Waals surface area contributed by atoms with Crippen LogP contribution in [0.4, 0.5) is 0 Å². The van der Waals surface area contributed by atoms with Crippen molar-refractivity contribution in [3.05, 3.63) is 72.2 Å². The second kappa shape index (κ2) is 6.75. The lowest BCUT2D eigenvalue weighted by molar-refractivity contribution is 0.612. The molecule has 5 nitrogen and oxygen atoms in total. The highest BCUT2D eigenvalue weighted by Gasteiger charge is 2.18. The molecule has 27 heavy (non-hydrogen) atoms. The number of aromatic amines is 2. The number of hydrogen-bond acceptors (Lipinski definition) is 3. The Bertz CT molecular complexity index is 1140. The molecule has 2 aromatic carbocycles. The van der Waals surface area contributed by atoms with Crippen LogP contribution in [0.1, 0.15) is 36.0 Å². The minimum absolute atomic E-state index is 0.338. The van der Waals surface area contributed by atoms with Crippen LogP contribution in [0.15, 0.2) is 55.1 Å². The minimum Gasteiger partial charge on any atom is -0.345 e. The Balaban J connectivity index is 1.39. The summed E-state index contributed by atoms with van der Waals surface area (Å²) in [6, 6.07) is 13.0. The van der Waals surface area contributed by atoms with Gasteiger partial charge in [-0.1, -0.05) is 24.1 Å². The molecule has 1 saturated heterocycles. The van der Waals surface area contributed by atoms with Gasteiger partial charge in [-0.05, 0) is 54.3 Å². The van der Waals surface area contributed by atoms with E-state index < -0.39 is 0 Å². The van der Waals surface area contributed by atoms with Gasteiger partial charge in [0.05, 0.1) is 30.5 Å². The Morgan fingerprint density at radius 3 is 2.78 bits per heavy atom. The first kappa shape index (κ1) is 15.9. The molecule has 0 spiro atoms. The zero-order chi connectivity index (χ0) is 18.1. The van der Waals surface area contributed by atoms with Crippen LogP contribution >= 0.6 is 0 Å². The van der Waals surface area contributed by atoms with Gasteiger partial charge in [-0.25, -0.2) is 9.97 Å². The van der Waals surface area contributed by atoms with Gasteiger partial charge >= 0.3 is 0 Å². The molecule has 1 atom stereocenters. The maximum Gasteiger partial charge on any atom is 0.124 e. The number of H-pyrrole nitrogens is 2. The van der Waals surface area contributed by atoms with Gasteiger partial charge in [-0.3, -0.25) is 0 Å². The number of aromatic nitrogens is 4. The zero-order valence-electron chi connectivity index (χ0n) is 14.8. The van der Waals surface area contributed by atoms with Gasteiger partial charge in [0, 0.05) is 11.1 Å². The summed E-state index contributed by atoms with van der Waals surface area (Å²) >= 11 is 0. The maximum atomic E-state index is 4.47. The average molecular weight is 353 g/mol. The number of fused-ring (bicyclic) bond motifs is 1. The number of rotatable bonds is 2. The van der Waals surface area contributed by atoms with E-state index in [9.17, 15) is 0 Å². The highest BCUT2D eigenvalue weighted by molar-refractivity contribution is 5.87. The second-order valence-corrected chi connectivity index (χ2v) is 6.82. The molecule has 1 unspecified atom stereocenters. The fourth-order valence-corrected chi connectivity index (χ4v) is 3.54. The van der Waals surface area contributed by atoms with E-state index in [1.807, 2.05) is 12.4 Å². The quantitative estimate of drug-likeness (QED) is 0.480. The zero-order valence-corrected chi connectivity index (χ0v) is 14.8. The van der Waals surface area contributed by atoms with Crippen molar-refractivity contribution in [3.8, 4) is 23.1 Å². The number of imidazole rings is 2. The highest BCUT2D eigenvalue weighted by Crippen LogP contribution is 2.23. The highest BCUT2D eigenvalue weighted by atomic mass is 15.0. The van der Waals surface area contributed by atoms with Gasteiger partial charge in [-0.2, -0.15) is 0 Å². The fraction of sp³-hybridized carbons (Fsp3) is 0.182. The third kappa shape index (κ3) is 3.23. The lowest BCUT2D eigenvalue weighted by Gasteiger charge is -2.04. The van der Waals surface area contributed by atoms with Crippen LogP contribution in [0.2, 0.25) is 0 Å². The largest absolute Gasteiger partial charge is 0.345 e. The summed E-state index contributed by atoms with van der Waals surface area (Å²) in [5, 5.41) is 5.80. The third-order valence-corrected chi connectivity index (χ3v) is 4.98. The lowest BCUT2D eigenvalue weighted by Crippen LogP contribution is -2.14. The van der Waals surface area contributed by atoms with Crippen molar-refractivity contribution < 1.29 is 0 Å². The van der Waals surface area contributed by atoms with Gasteiger partial charge in [0.2, 0.25) is 0 Å². The van der Waals surface area contributed by atoms with Crippen molar-refractivity contribution in [2.75, 3.05) is 6.54 Å². The van der Waals surface area contributed by atoms with Crippen LogP contribution in [0.5, 0.6) is 0 Å². The Labute approximate surface area is 157 Å². The van der Waals surface area contributed by atoms with E-state index in [0.717, 1.165) is 41.3 Å². The molecule has 2 aromatic heterocycles. The maximum absolute atomic E-state index is 4.47. The van der Waals surface area contributed by atoms with Crippen LogP contribution in [0.25, 0.3) is 22.0 Å². The average Bonchev–Trinajstić information content (AvgIpc) is 3.48. The van der Waals surface area contributed by atoms with E-state index in [2.05, 4.69) is 73.5 Å². The predicted molar refractivity (Wildman–Crippen MR) is 106 cm³/mol. The van der Waals surface area contributed by atoms with Gasteiger partial charge in [0.25, 0.3) is 0 Å². The van der Waals surface area contributed by atoms with Gasteiger partial charge in [0.15, 0.2) is 0 Å². The summed E-state index contributed by atoms with van der Waals surface area (Å²) in [6.45, 7) is 1.06. The monoisotopic (exact) mass is 353 g/mol. The topological polar surface area (TPSA) is 69.4 Å². The van der Waals surface area contributed by atoms with Crippen molar-refractivity contribution in [2.24, 2.45) is 0 Å². The first-order valence-corrected chi connectivity index (χ1v) is 9.18. The minimum atomic E-state index is 0.338. The van der Waals surface area contributed by atoms with Crippen molar-refractivity contribution in [1.82, 2.24) is 25.3 Å². The molecule has 1 fully saturated rings. The van der Waals surface area contributed by atoms with Crippen LogP contribution in [0, 0.1) is 11.8 Å². The molecular formula is C22H19N5. The molecule has 3 N–H and O–H groups in total. The summed E-state index contributed by atoms with van der Waals surface area (Å²) in [6.07, 6.45) is 7.68. The van der Waals surface area contributed by atoms with Crippen molar-refractivity contribution in [3.63, 3.8) is 0 Å². The standard InChI is InChI=1S/C22H19N5/c1-2-20(24-9-1)22-25-12-19(27-22)8-4-15-3-5-17-11-18(7-6-16(17)10-15)21-13-23-14-26-21/h3,5-7,10-14,20,24H,1-2,9H2,(H,23,26)(H,25,27). The molecule has 1 aliphatic rings. The molecule has 4 aromatic rings. The van der Waals surface area contributed by atoms with Crippen molar-refractivity contribution >= 4 is 10.8 Å². The molecule has 0 amide bonds. The van der Waals surface area contributed by atoms with E-state index in [1.54, 1.807) is 6.33 Å². The molecular weight excluding hydrogens is 334 g/mol. The molecule has 1 aliphatic heterocycles. The Hall–Kier alpha value is -3.36. The number of benzene rings is 2. The normalized spacial score (nSPS) is 16.4. The summed E-state index contributed by atoms with van der Waals surface area (Å²) in [4.78, 5) is 15.0. The molecule has 0 radical (unpaired) electrons. The Morgan fingerprint density at radius 2 is 1.93 bits per heavy atom. The van der Waals surface area contributed by atoms with E-state index in [4.69, 9.17) is 0 Å². The predicted octanol–water partition coefficient (Wildman–Crippen LogP) is 3.78. The number of hydrogen-bond donors (Lipinski definition) is 3. The van der Waals surface area contributed by atoms with Crippen molar-refractivity contribution in [1.29, 1.82) is 0 Å². The molecule has 132 valence electrons. The second-order valence-electron chi connectivity index (χ2n) is 6.82. The van der Waals surface area contributed by atoms with E-state index >= 15 is 0 Å². The smallest absolute Gasteiger partial charge is 0.124 e. The van der Waals surface area contributed by atoms with E-state index in [-0.39, 0.29) is 0 Å². The van der Waals surface area contributed by atoms with Crippen LogP contribution in [-0.4, -0.2) is 26.5 Å². The van der Waals surface area contributed by atoms with Gasteiger partial charge in [0.1, 0.15) is 11.5 Å². The van der Waals surface area contributed by atoms with Gasteiger partial charge in [-0.15, -0.1) is 0 Å². The third-order valence-electron chi connectivity index (χ3n) is 4.98. The van der Waals surface area contributed by atoms with E-state index in [0.29, 0.717) is 6.04 Å². The summed E-state index contributed by atoms with van der Waals surface area (Å²) in [5.41, 5.74) is 4.00. The van der Waals surface area contributed by atoms with Gasteiger partial charge < -0.3 is 15.3 Å². The van der Waals surface area contributed by atoms with Crippen LogP contribution in [0.3, 0.4) is 0 Å². The lowest BCUT2D eigenvalue weighted by atomic mass is 10.0. The summed E-state index contributed by atoms with van der Waals surface area (Å²) < 4.78 is 0.